The summed E-state index contributed by atoms with van der Waals surface area (Å²) in [6.45, 7) is 0.689. The van der Waals surface area contributed by atoms with Crippen molar-refractivity contribution in [3.63, 3.8) is 0 Å². The number of aromatic nitrogens is 1. The standard InChI is InChI=1S/C12H17N3O2/c13-11-6-3-5-10(14-11)12(17)15-7-2-1-4-9(15)8-16/h3,5-6,9,16H,1-2,4,7-8H2,(H2,13,14). The number of likely N-dealkylation sites (tertiary alicyclic amines) is 1. The van der Waals surface area contributed by atoms with E-state index in [2.05, 4.69) is 4.98 Å². The normalized spacial score (nSPS) is 20.3. The minimum Gasteiger partial charge on any atom is -0.394 e. The summed E-state index contributed by atoms with van der Waals surface area (Å²) in [5.41, 5.74) is 5.91. The molecule has 2 rings (SSSR count). The van der Waals surface area contributed by atoms with E-state index in [-0.39, 0.29) is 18.6 Å². The first kappa shape index (κ1) is 11.9. The number of nitrogens with zero attached hydrogens (tertiary/aromatic N) is 2. The van der Waals surface area contributed by atoms with Gasteiger partial charge in [-0.15, -0.1) is 0 Å². The van der Waals surface area contributed by atoms with Crippen molar-refractivity contribution in [1.82, 2.24) is 9.88 Å². The van der Waals surface area contributed by atoms with E-state index in [4.69, 9.17) is 5.73 Å². The Hall–Kier alpha value is -1.62. The fraction of sp³-hybridized carbons (Fsp3) is 0.500. The number of carbonyl (C=O) groups excluding carboxylic acids is 1. The number of nitrogens with two attached hydrogens (primary N) is 1. The van der Waals surface area contributed by atoms with E-state index in [1.54, 1.807) is 23.1 Å². The Morgan fingerprint density at radius 3 is 3.06 bits per heavy atom. The van der Waals surface area contributed by atoms with Gasteiger partial charge in [-0.05, 0) is 31.4 Å². The summed E-state index contributed by atoms with van der Waals surface area (Å²) >= 11 is 0. The molecule has 1 atom stereocenters. The zero-order chi connectivity index (χ0) is 12.3. The van der Waals surface area contributed by atoms with Crippen LogP contribution in [0.5, 0.6) is 0 Å². The first-order chi connectivity index (χ1) is 8.22. The van der Waals surface area contributed by atoms with Gasteiger partial charge in [0.05, 0.1) is 12.6 Å². The lowest BCUT2D eigenvalue weighted by Crippen LogP contribution is -2.45. The molecule has 1 unspecified atom stereocenters. The van der Waals surface area contributed by atoms with Crippen molar-refractivity contribution in [3.05, 3.63) is 23.9 Å². The predicted molar refractivity (Wildman–Crippen MR) is 64.4 cm³/mol. The summed E-state index contributed by atoms with van der Waals surface area (Å²) in [7, 11) is 0. The maximum Gasteiger partial charge on any atom is 0.272 e. The van der Waals surface area contributed by atoms with E-state index in [9.17, 15) is 9.90 Å². The molecule has 0 radical (unpaired) electrons. The number of hydrogen-bond donors (Lipinski definition) is 2. The topological polar surface area (TPSA) is 79.5 Å². The van der Waals surface area contributed by atoms with Crippen LogP contribution < -0.4 is 5.73 Å². The van der Waals surface area contributed by atoms with E-state index in [0.29, 0.717) is 18.1 Å². The van der Waals surface area contributed by atoms with Crippen LogP contribution in [0.4, 0.5) is 5.82 Å². The van der Waals surface area contributed by atoms with Gasteiger partial charge in [-0.3, -0.25) is 4.79 Å². The molecule has 92 valence electrons. The highest BCUT2D eigenvalue weighted by Crippen LogP contribution is 2.19. The molecular formula is C12H17N3O2. The molecular weight excluding hydrogens is 218 g/mol. The molecule has 1 aromatic heterocycles. The van der Waals surface area contributed by atoms with Gasteiger partial charge in [0.2, 0.25) is 0 Å². The number of anilines is 1. The third-order valence-corrected chi connectivity index (χ3v) is 3.09. The smallest absolute Gasteiger partial charge is 0.272 e. The van der Waals surface area contributed by atoms with Crippen LogP contribution in [0.1, 0.15) is 29.8 Å². The molecule has 0 aliphatic carbocycles. The Bertz CT molecular complexity index is 408. The van der Waals surface area contributed by atoms with Gasteiger partial charge in [0.25, 0.3) is 5.91 Å². The number of piperidine rings is 1. The SMILES string of the molecule is Nc1cccc(C(=O)N2CCCCC2CO)n1. The Balaban J connectivity index is 2.18. The van der Waals surface area contributed by atoms with Crippen molar-refractivity contribution in [3.8, 4) is 0 Å². The lowest BCUT2D eigenvalue weighted by atomic mass is 10.0. The van der Waals surface area contributed by atoms with Crippen LogP contribution in [0.15, 0.2) is 18.2 Å². The van der Waals surface area contributed by atoms with Gasteiger partial charge < -0.3 is 15.7 Å². The largest absolute Gasteiger partial charge is 0.394 e. The van der Waals surface area contributed by atoms with Gasteiger partial charge in [0, 0.05) is 6.54 Å². The Morgan fingerprint density at radius 2 is 2.35 bits per heavy atom. The summed E-state index contributed by atoms with van der Waals surface area (Å²) < 4.78 is 0. The molecule has 5 nitrogen and oxygen atoms in total. The number of aliphatic hydroxyl groups is 1. The van der Waals surface area contributed by atoms with Crippen LogP contribution in [-0.2, 0) is 0 Å². The second kappa shape index (κ2) is 5.14. The van der Waals surface area contributed by atoms with Gasteiger partial charge in [0.1, 0.15) is 11.5 Å². The van der Waals surface area contributed by atoms with Crippen LogP contribution in [0.2, 0.25) is 0 Å². The molecule has 0 aromatic carbocycles. The Kier molecular flexibility index (Phi) is 3.58. The second-order valence-electron chi connectivity index (χ2n) is 4.28. The Morgan fingerprint density at radius 1 is 1.53 bits per heavy atom. The average Bonchev–Trinajstić information content (AvgIpc) is 2.38. The van der Waals surface area contributed by atoms with Crippen molar-refractivity contribution < 1.29 is 9.90 Å². The average molecular weight is 235 g/mol. The first-order valence-electron chi connectivity index (χ1n) is 5.86. The molecule has 1 saturated heterocycles. The molecule has 0 bridgehead atoms. The van der Waals surface area contributed by atoms with Crippen molar-refractivity contribution in [2.45, 2.75) is 25.3 Å². The second-order valence-corrected chi connectivity index (χ2v) is 4.28. The first-order valence-corrected chi connectivity index (χ1v) is 5.86. The van der Waals surface area contributed by atoms with Crippen molar-refractivity contribution >= 4 is 11.7 Å². The number of pyridine rings is 1. The van der Waals surface area contributed by atoms with Crippen molar-refractivity contribution in [2.75, 3.05) is 18.9 Å². The number of amides is 1. The van der Waals surface area contributed by atoms with Crippen LogP contribution in [0.3, 0.4) is 0 Å². The van der Waals surface area contributed by atoms with E-state index in [0.717, 1.165) is 19.3 Å². The highest BCUT2D eigenvalue weighted by atomic mass is 16.3. The maximum atomic E-state index is 12.2. The highest BCUT2D eigenvalue weighted by Gasteiger charge is 2.27. The van der Waals surface area contributed by atoms with Gasteiger partial charge in [-0.25, -0.2) is 4.98 Å². The van der Waals surface area contributed by atoms with Crippen LogP contribution >= 0.6 is 0 Å². The lowest BCUT2D eigenvalue weighted by Gasteiger charge is -2.34. The van der Waals surface area contributed by atoms with E-state index >= 15 is 0 Å². The third kappa shape index (κ3) is 2.55. The molecule has 1 amide bonds. The minimum atomic E-state index is -0.143. The van der Waals surface area contributed by atoms with Gasteiger partial charge in [-0.2, -0.15) is 0 Å². The van der Waals surface area contributed by atoms with Gasteiger partial charge >= 0.3 is 0 Å². The summed E-state index contributed by atoms with van der Waals surface area (Å²) in [5, 5.41) is 9.27. The molecule has 17 heavy (non-hydrogen) atoms. The Labute approximate surface area is 100 Å². The number of rotatable bonds is 2. The monoisotopic (exact) mass is 235 g/mol. The fourth-order valence-electron chi connectivity index (χ4n) is 2.18. The molecule has 1 aliphatic heterocycles. The summed E-state index contributed by atoms with van der Waals surface area (Å²) in [4.78, 5) is 17.9. The molecule has 1 aliphatic rings. The predicted octanol–water partition coefficient (Wildman–Crippen LogP) is 0.651. The van der Waals surface area contributed by atoms with E-state index in [1.165, 1.54) is 0 Å². The van der Waals surface area contributed by atoms with Crippen molar-refractivity contribution in [2.24, 2.45) is 0 Å². The lowest BCUT2D eigenvalue weighted by molar-refractivity contribution is 0.0497. The molecule has 5 heteroatoms. The number of hydrogen-bond acceptors (Lipinski definition) is 4. The zero-order valence-corrected chi connectivity index (χ0v) is 9.67. The summed E-state index contributed by atoms with van der Waals surface area (Å²) in [6, 6.07) is 4.94. The third-order valence-electron chi connectivity index (χ3n) is 3.09. The number of nitrogen functional groups attached to an aromatic ring is 1. The quantitative estimate of drug-likeness (QED) is 0.788. The number of aliphatic hydroxyl groups excluding tert-OH is 1. The zero-order valence-electron chi connectivity index (χ0n) is 9.67. The molecule has 2 heterocycles. The summed E-state index contributed by atoms with van der Waals surface area (Å²) in [6.07, 6.45) is 2.88. The van der Waals surface area contributed by atoms with Crippen molar-refractivity contribution in [1.29, 1.82) is 0 Å². The molecule has 0 saturated carbocycles. The van der Waals surface area contributed by atoms with E-state index in [1.807, 2.05) is 0 Å². The molecule has 3 N–H and O–H groups in total. The summed E-state index contributed by atoms with van der Waals surface area (Å²) in [5.74, 6) is 0.199. The molecule has 1 fully saturated rings. The van der Waals surface area contributed by atoms with Crippen LogP contribution in [-0.4, -0.2) is 40.1 Å². The molecule has 1 aromatic rings. The van der Waals surface area contributed by atoms with Gasteiger partial charge in [-0.1, -0.05) is 6.07 Å². The maximum absolute atomic E-state index is 12.2. The van der Waals surface area contributed by atoms with Crippen LogP contribution in [0.25, 0.3) is 0 Å². The van der Waals surface area contributed by atoms with Crippen LogP contribution in [0, 0.1) is 0 Å². The molecule has 0 spiro atoms. The van der Waals surface area contributed by atoms with Gasteiger partial charge in [0.15, 0.2) is 0 Å². The minimum absolute atomic E-state index is 0.00799. The highest BCUT2D eigenvalue weighted by molar-refractivity contribution is 5.92. The fourth-order valence-corrected chi connectivity index (χ4v) is 2.18. The number of carbonyl (C=O) groups is 1. The van der Waals surface area contributed by atoms with E-state index < -0.39 is 0 Å².